The number of aliphatic hydroxyl groups is 1. The van der Waals surface area contributed by atoms with Gasteiger partial charge < -0.3 is 15.5 Å². The molecule has 0 bridgehead atoms. The molecule has 1 aromatic rings. The Morgan fingerprint density at radius 2 is 1.81 bits per heavy atom. The van der Waals surface area contributed by atoms with Crippen molar-refractivity contribution in [3.8, 4) is 0 Å². The molecule has 0 aliphatic heterocycles. The number of carbonyl (C=O) groups is 2. The molecule has 7 nitrogen and oxygen atoms in total. The van der Waals surface area contributed by atoms with Crippen LogP contribution in [0, 0.1) is 0 Å². The average Bonchev–Trinajstić information content (AvgIpc) is 2.37. The number of rotatable bonds is 7. The van der Waals surface area contributed by atoms with Crippen LogP contribution >= 0.6 is 0 Å². The molecule has 0 heterocycles. The maximum absolute atomic E-state index is 11.7. The molecule has 0 spiro atoms. The summed E-state index contributed by atoms with van der Waals surface area (Å²) in [6.07, 6.45) is -0.475. The molecule has 1 atom stereocenters. The summed E-state index contributed by atoms with van der Waals surface area (Å²) in [5.74, 6) is -1.85. The van der Waals surface area contributed by atoms with Crippen molar-refractivity contribution in [3.63, 3.8) is 0 Å². The second kappa shape index (κ2) is 7.19. The number of benzene rings is 1. The number of carboxylic acid groups (broad SMARTS) is 1. The zero-order valence-corrected chi connectivity index (χ0v) is 12.3. The molecule has 0 aromatic heterocycles. The summed E-state index contributed by atoms with van der Waals surface area (Å²) in [5, 5.41) is 20.0. The fraction of sp³-hybridized carbons (Fsp3) is 0.385. The van der Waals surface area contributed by atoms with Crippen LogP contribution in [0.25, 0.3) is 0 Å². The lowest BCUT2D eigenvalue weighted by atomic mass is 10.1. The van der Waals surface area contributed by atoms with Gasteiger partial charge in [0.05, 0.1) is 5.75 Å². The van der Waals surface area contributed by atoms with Gasteiger partial charge in [0.1, 0.15) is 0 Å². The van der Waals surface area contributed by atoms with E-state index in [1.165, 1.54) is 12.1 Å². The van der Waals surface area contributed by atoms with Crippen molar-refractivity contribution in [2.24, 2.45) is 0 Å². The Labute approximate surface area is 122 Å². The summed E-state index contributed by atoms with van der Waals surface area (Å²) >= 11 is 0. The first-order valence-electron chi connectivity index (χ1n) is 6.15. The van der Waals surface area contributed by atoms with E-state index in [1.54, 1.807) is 12.1 Å². The highest BCUT2D eigenvalue weighted by Gasteiger charge is 2.13. The standard InChI is InChI=1S/C13H17NO6S/c1-21(19,20)8-9-2-4-10(5-3-9)12(16)14-7-6-11(15)13(17)18/h2-5,11,15H,6-8H2,1H3,(H,14,16)(H,17,18)/t11-/m0/s1. The molecule has 0 saturated carbocycles. The van der Waals surface area contributed by atoms with Gasteiger partial charge in [0.25, 0.3) is 5.91 Å². The number of sulfone groups is 1. The van der Waals surface area contributed by atoms with Gasteiger partial charge in [-0.3, -0.25) is 4.79 Å². The van der Waals surface area contributed by atoms with E-state index in [2.05, 4.69) is 5.32 Å². The van der Waals surface area contributed by atoms with Crippen LogP contribution in [-0.4, -0.2) is 49.4 Å². The predicted molar refractivity (Wildman–Crippen MR) is 75.6 cm³/mol. The van der Waals surface area contributed by atoms with E-state index in [0.29, 0.717) is 11.1 Å². The van der Waals surface area contributed by atoms with E-state index >= 15 is 0 Å². The van der Waals surface area contributed by atoms with Gasteiger partial charge in [0.15, 0.2) is 15.9 Å². The predicted octanol–water partition coefficient (Wildman–Crippen LogP) is -0.203. The van der Waals surface area contributed by atoms with Gasteiger partial charge in [0, 0.05) is 24.8 Å². The van der Waals surface area contributed by atoms with Crippen molar-refractivity contribution in [1.82, 2.24) is 5.32 Å². The number of hydrogen-bond acceptors (Lipinski definition) is 5. The van der Waals surface area contributed by atoms with E-state index in [0.717, 1.165) is 6.26 Å². The number of amides is 1. The lowest BCUT2D eigenvalue weighted by molar-refractivity contribution is -0.146. The van der Waals surface area contributed by atoms with E-state index < -0.39 is 27.8 Å². The Balaban J connectivity index is 2.54. The first-order chi connectivity index (χ1) is 9.69. The van der Waals surface area contributed by atoms with Crippen LogP contribution in [0.15, 0.2) is 24.3 Å². The van der Waals surface area contributed by atoms with Crippen LogP contribution in [0.3, 0.4) is 0 Å². The van der Waals surface area contributed by atoms with Crippen LogP contribution in [-0.2, 0) is 20.4 Å². The molecular formula is C13H17NO6S. The number of nitrogens with one attached hydrogen (secondary N) is 1. The molecular weight excluding hydrogens is 298 g/mol. The lowest BCUT2D eigenvalue weighted by Gasteiger charge is -2.08. The third-order valence-corrected chi connectivity index (χ3v) is 3.49. The molecule has 1 aromatic carbocycles. The number of aliphatic carboxylic acids is 1. The molecule has 0 unspecified atom stereocenters. The Bertz CT molecular complexity index is 608. The number of carboxylic acids is 1. The van der Waals surface area contributed by atoms with Crippen molar-refractivity contribution in [1.29, 1.82) is 0 Å². The van der Waals surface area contributed by atoms with E-state index in [9.17, 15) is 18.0 Å². The molecule has 0 aliphatic rings. The fourth-order valence-corrected chi connectivity index (χ4v) is 2.40. The third-order valence-electron chi connectivity index (χ3n) is 2.63. The molecule has 0 saturated heterocycles. The van der Waals surface area contributed by atoms with Gasteiger partial charge in [-0.2, -0.15) is 0 Å². The van der Waals surface area contributed by atoms with Gasteiger partial charge in [-0.25, -0.2) is 13.2 Å². The highest BCUT2D eigenvalue weighted by Crippen LogP contribution is 2.08. The molecule has 1 amide bonds. The largest absolute Gasteiger partial charge is 0.479 e. The Morgan fingerprint density at radius 1 is 1.24 bits per heavy atom. The Morgan fingerprint density at radius 3 is 2.29 bits per heavy atom. The molecule has 1 rings (SSSR count). The zero-order chi connectivity index (χ0) is 16.0. The molecule has 3 N–H and O–H groups in total. The maximum atomic E-state index is 11.7. The minimum atomic E-state index is -3.13. The van der Waals surface area contributed by atoms with Gasteiger partial charge >= 0.3 is 5.97 Å². The summed E-state index contributed by atoms with van der Waals surface area (Å²) in [6, 6.07) is 6.07. The summed E-state index contributed by atoms with van der Waals surface area (Å²) in [7, 11) is -3.13. The topological polar surface area (TPSA) is 121 Å². The van der Waals surface area contributed by atoms with Gasteiger partial charge in [0.2, 0.25) is 0 Å². The first kappa shape index (κ1) is 17.1. The second-order valence-corrected chi connectivity index (χ2v) is 6.81. The van der Waals surface area contributed by atoms with Gasteiger partial charge in [-0.05, 0) is 17.7 Å². The lowest BCUT2D eigenvalue weighted by Crippen LogP contribution is -2.30. The fourth-order valence-electron chi connectivity index (χ4n) is 1.60. The van der Waals surface area contributed by atoms with Crippen LogP contribution in [0.4, 0.5) is 0 Å². The highest BCUT2D eigenvalue weighted by molar-refractivity contribution is 7.89. The normalized spacial score (nSPS) is 12.7. The first-order valence-corrected chi connectivity index (χ1v) is 8.21. The summed E-state index contributed by atoms with van der Waals surface area (Å²) in [5.41, 5.74) is 0.910. The van der Waals surface area contributed by atoms with Crippen molar-refractivity contribution >= 4 is 21.7 Å². The quantitative estimate of drug-likeness (QED) is 0.640. The molecule has 0 fully saturated rings. The second-order valence-electron chi connectivity index (χ2n) is 4.67. The van der Waals surface area contributed by atoms with Crippen LogP contribution in [0.2, 0.25) is 0 Å². The van der Waals surface area contributed by atoms with E-state index in [-0.39, 0.29) is 18.7 Å². The van der Waals surface area contributed by atoms with E-state index in [4.69, 9.17) is 10.2 Å². The summed E-state index contributed by atoms with van der Waals surface area (Å²) < 4.78 is 22.3. The van der Waals surface area contributed by atoms with Gasteiger partial charge in [-0.1, -0.05) is 12.1 Å². The SMILES string of the molecule is CS(=O)(=O)Cc1ccc(C(=O)NCC[C@H](O)C(=O)O)cc1. The molecule has 0 aliphatic carbocycles. The van der Waals surface area contributed by atoms with Crippen LogP contribution in [0.5, 0.6) is 0 Å². The van der Waals surface area contributed by atoms with Gasteiger partial charge in [-0.15, -0.1) is 0 Å². The minimum absolute atomic E-state index is 0.0252. The van der Waals surface area contributed by atoms with E-state index in [1.807, 2.05) is 0 Å². The maximum Gasteiger partial charge on any atom is 0.332 e. The van der Waals surface area contributed by atoms with Crippen molar-refractivity contribution in [2.45, 2.75) is 18.3 Å². The average molecular weight is 315 g/mol. The molecule has 116 valence electrons. The summed E-state index contributed by atoms with van der Waals surface area (Å²) in [4.78, 5) is 22.1. The molecule has 0 radical (unpaired) electrons. The van der Waals surface area contributed by atoms with Crippen LogP contribution in [0.1, 0.15) is 22.3 Å². The molecule has 21 heavy (non-hydrogen) atoms. The smallest absolute Gasteiger partial charge is 0.332 e. The Kier molecular flexibility index (Phi) is 5.86. The summed E-state index contributed by atoms with van der Waals surface area (Å²) in [6.45, 7) is 0.0252. The number of hydrogen-bond donors (Lipinski definition) is 3. The van der Waals surface area contributed by atoms with Crippen molar-refractivity contribution in [3.05, 3.63) is 35.4 Å². The van der Waals surface area contributed by atoms with Crippen LogP contribution < -0.4 is 5.32 Å². The minimum Gasteiger partial charge on any atom is -0.479 e. The van der Waals surface area contributed by atoms with Crippen molar-refractivity contribution < 1.29 is 28.2 Å². The third kappa shape index (κ3) is 6.37. The monoisotopic (exact) mass is 315 g/mol. The molecule has 8 heteroatoms. The zero-order valence-electron chi connectivity index (χ0n) is 11.4. The highest BCUT2D eigenvalue weighted by atomic mass is 32.2. The van der Waals surface area contributed by atoms with Crippen molar-refractivity contribution in [2.75, 3.05) is 12.8 Å². The number of carbonyl (C=O) groups excluding carboxylic acids is 1. The Hall–Kier alpha value is -1.93. The number of aliphatic hydroxyl groups excluding tert-OH is 1.